The van der Waals surface area contributed by atoms with E-state index in [1.54, 1.807) is 0 Å². The Balaban J connectivity index is 2.42. The van der Waals surface area contributed by atoms with Gasteiger partial charge >= 0.3 is 12.1 Å². The van der Waals surface area contributed by atoms with Crippen molar-refractivity contribution in [2.45, 2.75) is 25.3 Å². The van der Waals surface area contributed by atoms with Crippen LogP contribution in [0.1, 0.15) is 12.8 Å². The fraction of sp³-hybridized carbons (Fsp3) is 0.600. The predicted molar refractivity (Wildman–Crippen MR) is 53.8 cm³/mol. The Morgan fingerprint density at radius 1 is 1.59 bits per heavy atom. The number of ether oxygens (including phenoxy) is 1. The molecule has 2 N–H and O–H groups in total. The summed E-state index contributed by atoms with van der Waals surface area (Å²) in [4.78, 5) is 21.8. The average Bonchev–Trinajstić information content (AvgIpc) is 2.18. The fourth-order valence-electron chi connectivity index (χ4n) is 1.71. The summed E-state index contributed by atoms with van der Waals surface area (Å²) in [5.41, 5.74) is -2.03. The molecule has 5 nitrogen and oxygen atoms in total. The maximum absolute atomic E-state index is 12.6. The first-order chi connectivity index (χ1) is 7.92. The molecule has 1 amide bonds. The number of carbonyl (C=O) groups is 2. The lowest BCUT2D eigenvalue weighted by Gasteiger charge is -2.43. The van der Waals surface area contributed by atoms with Gasteiger partial charge in [-0.05, 0) is 12.8 Å². The highest BCUT2D eigenvalue weighted by atomic mass is 19.3. The summed E-state index contributed by atoms with van der Waals surface area (Å²) in [7, 11) is 0. The summed E-state index contributed by atoms with van der Waals surface area (Å²) in [6.07, 6.45) is -2.92. The van der Waals surface area contributed by atoms with Crippen LogP contribution in [0.5, 0.6) is 0 Å². The molecule has 0 radical (unpaired) electrons. The number of halogens is 2. The first kappa shape index (κ1) is 13.4. The maximum Gasteiger partial charge on any atom is 0.407 e. The summed E-state index contributed by atoms with van der Waals surface area (Å²) in [6, 6.07) is -0.586. The van der Waals surface area contributed by atoms with E-state index in [2.05, 4.69) is 16.6 Å². The van der Waals surface area contributed by atoms with Crippen molar-refractivity contribution < 1.29 is 28.2 Å². The second-order valence-electron chi connectivity index (χ2n) is 3.90. The van der Waals surface area contributed by atoms with Gasteiger partial charge in [-0.25, -0.2) is 13.6 Å². The molecule has 17 heavy (non-hydrogen) atoms. The van der Waals surface area contributed by atoms with Crippen molar-refractivity contribution in [2.24, 2.45) is 5.41 Å². The number of hydrogen-bond acceptors (Lipinski definition) is 3. The van der Waals surface area contributed by atoms with Crippen molar-refractivity contribution in [3.05, 3.63) is 12.7 Å². The number of rotatable bonds is 5. The smallest absolute Gasteiger partial charge is 0.407 e. The van der Waals surface area contributed by atoms with E-state index in [9.17, 15) is 18.4 Å². The second-order valence-corrected chi connectivity index (χ2v) is 3.90. The Hall–Kier alpha value is -1.66. The topological polar surface area (TPSA) is 75.6 Å². The molecule has 0 aromatic heterocycles. The number of aliphatic carboxylic acids is 1. The maximum atomic E-state index is 12.6. The Morgan fingerprint density at radius 3 is 2.59 bits per heavy atom. The molecule has 1 aliphatic carbocycles. The number of carbonyl (C=O) groups excluding carboxylic acids is 1. The van der Waals surface area contributed by atoms with Crippen LogP contribution in [0.15, 0.2) is 12.7 Å². The van der Waals surface area contributed by atoms with E-state index < -0.39 is 29.9 Å². The largest absolute Gasteiger partial charge is 0.481 e. The molecule has 0 aromatic carbocycles. The third-order valence-electron chi connectivity index (χ3n) is 2.72. The molecule has 0 heterocycles. The monoisotopic (exact) mass is 249 g/mol. The van der Waals surface area contributed by atoms with Crippen molar-refractivity contribution in [2.75, 3.05) is 6.61 Å². The Bertz CT molecular complexity index is 326. The minimum Gasteiger partial charge on any atom is -0.481 e. The Labute approximate surface area is 96.4 Å². The van der Waals surface area contributed by atoms with Crippen LogP contribution in [0.4, 0.5) is 13.6 Å². The summed E-state index contributed by atoms with van der Waals surface area (Å²) < 4.78 is 29.7. The standard InChI is InChI=1S/C10H13F2NO4/c1-2-3-17-9(16)13-6-4-10(5-6,7(11)12)8(14)15/h2,6-7H,1,3-5H2,(H,13,16)(H,14,15). The number of carboxylic acid groups (broad SMARTS) is 1. The van der Waals surface area contributed by atoms with Gasteiger partial charge in [0, 0.05) is 6.04 Å². The van der Waals surface area contributed by atoms with Gasteiger partial charge < -0.3 is 15.2 Å². The molecule has 0 aliphatic heterocycles. The molecule has 0 saturated heterocycles. The van der Waals surface area contributed by atoms with Crippen LogP contribution in [0.2, 0.25) is 0 Å². The van der Waals surface area contributed by atoms with Gasteiger partial charge in [-0.3, -0.25) is 4.79 Å². The average molecular weight is 249 g/mol. The van der Waals surface area contributed by atoms with E-state index in [4.69, 9.17) is 5.11 Å². The molecule has 1 aliphatic rings. The highest BCUT2D eigenvalue weighted by molar-refractivity contribution is 5.77. The number of hydrogen-bond donors (Lipinski definition) is 2. The zero-order chi connectivity index (χ0) is 13.1. The lowest BCUT2D eigenvalue weighted by molar-refractivity contribution is -0.172. The molecule has 0 unspecified atom stereocenters. The third kappa shape index (κ3) is 2.72. The fourth-order valence-corrected chi connectivity index (χ4v) is 1.71. The molecular weight excluding hydrogens is 236 g/mol. The van der Waals surface area contributed by atoms with E-state index in [1.165, 1.54) is 6.08 Å². The van der Waals surface area contributed by atoms with Crippen molar-refractivity contribution in [3.8, 4) is 0 Å². The Morgan fingerprint density at radius 2 is 2.18 bits per heavy atom. The van der Waals surface area contributed by atoms with E-state index in [-0.39, 0.29) is 19.4 Å². The predicted octanol–water partition coefficient (Wildman–Crippen LogP) is 1.40. The Kier molecular flexibility index (Phi) is 4.03. The van der Waals surface area contributed by atoms with Crippen molar-refractivity contribution in [1.82, 2.24) is 5.32 Å². The second kappa shape index (κ2) is 5.11. The minimum atomic E-state index is -2.94. The van der Waals surface area contributed by atoms with Crippen molar-refractivity contribution >= 4 is 12.1 Å². The molecule has 0 atom stereocenters. The summed E-state index contributed by atoms with van der Waals surface area (Å²) in [5, 5.41) is 11.0. The van der Waals surface area contributed by atoms with Crippen LogP contribution in [-0.4, -0.2) is 36.2 Å². The van der Waals surface area contributed by atoms with Crippen LogP contribution in [-0.2, 0) is 9.53 Å². The minimum absolute atomic E-state index is 0.0114. The summed E-state index contributed by atoms with van der Waals surface area (Å²) in [5.74, 6) is -1.54. The van der Waals surface area contributed by atoms with Gasteiger partial charge in [0.25, 0.3) is 6.43 Å². The lowest BCUT2D eigenvalue weighted by Crippen LogP contribution is -2.57. The number of nitrogens with one attached hydrogen (secondary N) is 1. The molecule has 1 fully saturated rings. The molecule has 0 spiro atoms. The van der Waals surface area contributed by atoms with Gasteiger partial charge in [0.15, 0.2) is 0 Å². The molecule has 0 bridgehead atoms. The zero-order valence-corrected chi connectivity index (χ0v) is 8.99. The van der Waals surface area contributed by atoms with E-state index >= 15 is 0 Å². The molecule has 7 heteroatoms. The van der Waals surface area contributed by atoms with Gasteiger partial charge in [0.2, 0.25) is 0 Å². The van der Waals surface area contributed by atoms with E-state index in [0.717, 1.165) is 0 Å². The van der Waals surface area contributed by atoms with Crippen LogP contribution >= 0.6 is 0 Å². The molecule has 1 rings (SSSR count). The molecule has 96 valence electrons. The van der Waals surface area contributed by atoms with E-state index in [0.29, 0.717) is 0 Å². The summed E-state index contributed by atoms with van der Waals surface area (Å²) in [6.45, 7) is 3.34. The van der Waals surface area contributed by atoms with Gasteiger partial charge in [-0.15, -0.1) is 0 Å². The van der Waals surface area contributed by atoms with Crippen molar-refractivity contribution in [1.29, 1.82) is 0 Å². The van der Waals surface area contributed by atoms with E-state index in [1.807, 2.05) is 0 Å². The lowest BCUT2D eigenvalue weighted by atomic mass is 9.65. The highest BCUT2D eigenvalue weighted by Gasteiger charge is 2.57. The SMILES string of the molecule is C=CCOC(=O)NC1CC(C(=O)O)(C(F)F)C1. The molecule has 0 aromatic rings. The normalized spacial score (nSPS) is 27.1. The van der Waals surface area contributed by atoms with Crippen LogP contribution in [0.25, 0.3) is 0 Å². The van der Waals surface area contributed by atoms with Crippen molar-refractivity contribution in [3.63, 3.8) is 0 Å². The first-order valence-electron chi connectivity index (χ1n) is 4.98. The van der Waals surface area contributed by atoms with Crippen LogP contribution < -0.4 is 5.32 Å². The number of alkyl halides is 2. The quantitative estimate of drug-likeness (QED) is 0.722. The zero-order valence-electron chi connectivity index (χ0n) is 8.99. The van der Waals surface area contributed by atoms with Gasteiger partial charge in [-0.1, -0.05) is 12.7 Å². The van der Waals surface area contributed by atoms with Gasteiger partial charge in [0.1, 0.15) is 12.0 Å². The third-order valence-corrected chi connectivity index (χ3v) is 2.72. The molecular formula is C10H13F2NO4. The number of carboxylic acids is 1. The van der Waals surface area contributed by atoms with Gasteiger partial charge in [-0.2, -0.15) is 0 Å². The van der Waals surface area contributed by atoms with Crippen LogP contribution in [0.3, 0.4) is 0 Å². The highest BCUT2D eigenvalue weighted by Crippen LogP contribution is 2.46. The summed E-state index contributed by atoms with van der Waals surface area (Å²) >= 11 is 0. The number of amides is 1. The van der Waals surface area contributed by atoms with Crippen LogP contribution in [0, 0.1) is 5.41 Å². The molecule has 1 saturated carbocycles. The first-order valence-corrected chi connectivity index (χ1v) is 4.98. The number of alkyl carbamates (subject to hydrolysis) is 1. The van der Waals surface area contributed by atoms with Gasteiger partial charge in [0.05, 0.1) is 0 Å².